The van der Waals surface area contributed by atoms with Crippen molar-refractivity contribution < 1.29 is 9.16 Å². The van der Waals surface area contributed by atoms with Crippen LogP contribution >= 0.6 is 0 Å². The molecule has 1 aliphatic carbocycles. The lowest BCUT2D eigenvalue weighted by atomic mass is 9.98. The van der Waals surface area contributed by atoms with Crippen LogP contribution in [-0.2, 0) is 5.41 Å². The lowest BCUT2D eigenvalue weighted by Gasteiger charge is -2.37. The minimum atomic E-state index is -1.78. The van der Waals surface area contributed by atoms with E-state index in [0.717, 1.165) is 18.1 Å². The molecule has 1 aromatic rings. The van der Waals surface area contributed by atoms with E-state index in [0.29, 0.717) is 0 Å². The van der Waals surface area contributed by atoms with Crippen molar-refractivity contribution in [2.75, 3.05) is 6.61 Å². The molecule has 2 aliphatic rings. The molecule has 0 radical (unpaired) electrons. The van der Waals surface area contributed by atoms with E-state index in [4.69, 9.17) is 9.16 Å². The zero-order chi connectivity index (χ0) is 13.9. The summed E-state index contributed by atoms with van der Waals surface area (Å²) in [6, 6.07) is 6.28. The van der Waals surface area contributed by atoms with Crippen LogP contribution in [-0.4, -0.2) is 14.9 Å². The van der Waals surface area contributed by atoms with Gasteiger partial charge in [-0.25, -0.2) is 0 Å². The van der Waals surface area contributed by atoms with Crippen molar-refractivity contribution in [3.05, 3.63) is 23.8 Å². The molecule has 1 saturated carbocycles. The highest BCUT2D eigenvalue weighted by atomic mass is 28.4. The highest BCUT2D eigenvalue weighted by Crippen LogP contribution is 2.59. The molecule has 1 spiro atoms. The van der Waals surface area contributed by atoms with Crippen molar-refractivity contribution >= 4 is 8.32 Å². The predicted octanol–water partition coefficient (Wildman–Crippen LogP) is 4.49. The lowest BCUT2D eigenvalue weighted by Crippen LogP contribution is -2.44. The summed E-state index contributed by atoms with van der Waals surface area (Å²) in [6.45, 7) is 12.3. The second kappa shape index (κ2) is 3.78. The maximum Gasteiger partial charge on any atom is 0.250 e. The highest BCUT2D eigenvalue weighted by Gasteiger charge is 2.53. The van der Waals surface area contributed by atoms with Crippen LogP contribution in [0.5, 0.6) is 11.5 Å². The fourth-order valence-corrected chi connectivity index (χ4v) is 3.53. The first-order chi connectivity index (χ1) is 8.75. The topological polar surface area (TPSA) is 18.5 Å². The van der Waals surface area contributed by atoms with Crippen LogP contribution in [0.1, 0.15) is 39.2 Å². The molecular weight excluding hydrogens is 252 g/mol. The molecule has 1 heterocycles. The van der Waals surface area contributed by atoms with E-state index in [1.807, 2.05) is 0 Å². The molecule has 3 heteroatoms. The summed E-state index contributed by atoms with van der Waals surface area (Å²) in [4.78, 5) is 0. The van der Waals surface area contributed by atoms with Crippen LogP contribution < -0.4 is 9.16 Å². The van der Waals surface area contributed by atoms with Gasteiger partial charge in [0.05, 0.1) is 6.61 Å². The van der Waals surface area contributed by atoms with Crippen LogP contribution in [0.4, 0.5) is 0 Å². The smallest absolute Gasteiger partial charge is 0.250 e. The molecule has 2 nitrogen and oxygen atoms in total. The Labute approximate surface area is 117 Å². The summed E-state index contributed by atoms with van der Waals surface area (Å²) in [7, 11) is -1.78. The monoisotopic (exact) mass is 276 g/mol. The Morgan fingerprint density at radius 1 is 1.21 bits per heavy atom. The molecule has 0 aromatic heterocycles. The van der Waals surface area contributed by atoms with Gasteiger partial charge in [-0.15, -0.1) is 0 Å². The summed E-state index contributed by atoms with van der Waals surface area (Å²) in [5, 5.41) is 0.228. The second-order valence-corrected chi connectivity index (χ2v) is 12.3. The summed E-state index contributed by atoms with van der Waals surface area (Å²) in [5.74, 6) is 2.13. The van der Waals surface area contributed by atoms with E-state index in [-0.39, 0.29) is 10.5 Å². The van der Waals surface area contributed by atoms with Gasteiger partial charge in [0, 0.05) is 11.0 Å². The van der Waals surface area contributed by atoms with Crippen LogP contribution in [0.15, 0.2) is 18.2 Å². The Bertz CT molecular complexity index is 510. The van der Waals surface area contributed by atoms with Gasteiger partial charge in [0.1, 0.15) is 11.5 Å². The van der Waals surface area contributed by atoms with E-state index < -0.39 is 8.32 Å². The minimum Gasteiger partial charge on any atom is -0.543 e. The Morgan fingerprint density at radius 3 is 2.47 bits per heavy atom. The minimum absolute atomic E-state index is 0.228. The SMILES string of the molecule is CC(C)(C)[Si](C)(C)Oc1cccc2c1C1(CC1)CO2. The van der Waals surface area contributed by atoms with Crippen LogP contribution in [0.2, 0.25) is 18.1 Å². The number of ether oxygens (including phenoxy) is 1. The molecular formula is C16H24O2Si. The average molecular weight is 276 g/mol. The number of fused-ring (bicyclic) bond motifs is 2. The van der Waals surface area contributed by atoms with Crippen molar-refractivity contribution in [2.24, 2.45) is 0 Å². The molecule has 0 unspecified atom stereocenters. The van der Waals surface area contributed by atoms with Crippen LogP contribution in [0.25, 0.3) is 0 Å². The van der Waals surface area contributed by atoms with Gasteiger partial charge in [-0.3, -0.25) is 0 Å². The molecule has 104 valence electrons. The van der Waals surface area contributed by atoms with E-state index in [1.165, 1.54) is 18.4 Å². The molecule has 0 bridgehead atoms. The number of hydrogen-bond donors (Lipinski definition) is 0. The third-order valence-electron chi connectivity index (χ3n) is 5.05. The number of hydrogen-bond acceptors (Lipinski definition) is 2. The van der Waals surface area contributed by atoms with Gasteiger partial charge in [-0.05, 0) is 43.1 Å². The first-order valence-corrected chi connectivity index (χ1v) is 10.1. The average Bonchev–Trinajstić information content (AvgIpc) is 2.94. The number of benzene rings is 1. The molecule has 0 saturated heterocycles. The largest absolute Gasteiger partial charge is 0.543 e. The van der Waals surface area contributed by atoms with Gasteiger partial charge in [-0.1, -0.05) is 26.8 Å². The van der Waals surface area contributed by atoms with E-state index >= 15 is 0 Å². The molecule has 0 amide bonds. The highest BCUT2D eigenvalue weighted by molar-refractivity contribution is 6.74. The Hall–Kier alpha value is -0.963. The van der Waals surface area contributed by atoms with Gasteiger partial charge >= 0.3 is 0 Å². The lowest BCUT2D eigenvalue weighted by molar-refractivity contribution is 0.323. The molecule has 1 fully saturated rings. The van der Waals surface area contributed by atoms with Crippen LogP contribution in [0, 0.1) is 0 Å². The van der Waals surface area contributed by atoms with Crippen molar-refractivity contribution in [1.82, 2.24) is 0 Å². The first kappa shape index (κ1) is 13.0. The standard InChI is InChI=1S/C16H24O2Si/c1-15(2,3)19(4,5)18-13-8-6-7-12-14(13)16(9-10-16)11-17-12/h6-8H,9-11H2,1-5H3. The third kappa shape index (κ3) is 1.99. The maximum atomic E-state index is 6.54. The summed E-state index contributed by atoms with van der Waals surface area (Å²) in [6.07, 6.45) is 2.50. The van der Waals surface area contributed by atoms with Crippen molar-refractivity contribution in [2.45, 2.75) is 57.2 Å². The maximum absolute atomic E-state index is 6.54. The van der Waals surface area contributed by atoms with Gasteiger partial charge < -0.3 is 9.16 Å². The fourth-order valence-electron chi connectivity index (χ4n) is 2.50. The zero-order valence-electron chi connectivity index (χ0n) is 12.7. The molecule has 1 aromatic carbocycles. The normalized spacial score (nSPS) is 20.1. The zero-order valence-corrected chi connectivity index (χ0v) is 13.7. The van der Waals surface area contributed by atoms with Crippen LogP contribution in [0.3, 0.4) is 0 Å². The predicted molar refractivity (Wildman–Crippen MR) is 80.7 cm³/mol. The summed E-state index contributed by atoms with van der Waals surface area (Å²) >= 11 is 0. The molecule has 0 N–H and O–H groups in total. The fraction of sp³-hybridized carbons (Fsp3) is 0.625. The summed E-state index contributed by atoms with van der Waals surface area (Å²) < 4.78 is 12.4. The molecule has 3 rings (SSSR count). The Kier molecular flexibility index (Phi) is 2.60. The third-order valence-corrected chi connectivity index (χ3v) is 9.39. The van der Waals surface area contributed by atoms with E-state index in [9.17, 15) is 0 Å². The quantitative estimate of drug-likeness (QED) is 0.741. The van der Waals surface area contributed by atoms with Crippen molar-refractivity contribution in [3.8, 4) is 11.5 Å². The Balaban J connectivity index is 1.98. The van der Waals surface area contributed by atoms with Gasteiger partial charge in [0.15, 0.2) is 0 Å². The van der Waals surface area contributed by atoms with E-state index in [1.54, 1.807) is 0 Å². The van der Waals surface area contributed by atoms with Crippen molar-refractivity contribution in [3.63, 3.8) is 0 Å². The van der Waals surface area contributed by atoms with Gasteiger partial charge in [-0.2, -0.15) is 0 Å². The molecule has 19 heavy (non-hydrogen) atoms. The molecule has 0 atom stereocenters. The van der Waals surface area contributed by atoms with Gasteiger partial charge in [0.25, 0.3) is 0 Å². The molecule has 1 aliphatic heterocycles. The summed E-state index contributed by atoms with van der Waals surface area (Å²) in [5.41, 5.74) is 1.63. The number of rotatable bonds is 2. The van der Waals surface area contributed by atoms with E-state index in [2.05, 4.69) is 52.1 Å². The first-order valence-electron chi connectivity index (χ1n) is 7.21. The second-order valence-electron chi connectivity index (χ2n) is 7.56. The van der Waals surface area contributed by atoms with Gasteiger partial charge in [0.2, 0.25) is 8.32 Å². The Morgan fingerprint density at radius 2 is 1.89 bits per heavy atom. The van der Waals surface area contributed by atoms with Crippen molar-refractivity contribution in [1.29, 1.82) is 0 Å².